The highest BCUT2D eigenvalue weighted by Gasteiger charge is 2.41. The van der Waals surface area contributed by atoms with Crippen LogP contribution in [0.4, 0.5) is 0 Å². The summed E-state index contributed by atoms with van der Waals surface area (Å²) >= 11 is 0. The lowest BCUT2D eigenvalue weighted by molar-refractivity contribution is -0.125. The molecule has 0 radical (unpaired) electrons. The van der Waals surface area contributed by atoms with E-state index in [1.165, 1.54) is 0 Å². The maximum absolute atomic E-state index is 9.31. The van der Waals surface area contributed by atoms with Crippen LogP contribution in [-0.4, -0.2) is 69.1 Å². The fraction of sp³-hybridized carbons (Fsp3) is 1.00. The van der Waals surface area contributed by atoms with E-state index in [0.29, 0.717) is 0 Å². The first-order valence-corrected chi connectivity index (χ1v) is 4.13. The van der Waals surface area contributed by atoms with Crippen molar-refractivity contribution in [3.63, 3.8) is 0 Å². The maximum Gasteiger partial charge on any atom is 0.109 e. The van der Waals surface area contributed by atoms with Crippen LogP contribution in [0.2, 0.25) is 0 Å². The lowest BCUT2D eigenvalue weighted by atomic mass is 9.91. The lowest BCUT2D eigenvalue weighted by Crippen LogP contribution is -2.66. The molecule has 6 heteroatoms. The van der Waals surface area contributed by atoms with Gasteiger partial charge in [0.05, 0.1) is 37.5 Å². The van der Waals surface area contributed by atoms with Gasteiger partial charge in [0.2, 0.25) is 0 Å². The van der Waals surface area contributed by atoms with Crippen LogP contribution in [0.1, 0.15) is 0 Å². The van der Waals surface area contributed by atoms with Gasteiger partial charge in [0.1, 0.15) is 6.10 Å². The SMILES string of the molecule is OC[C@@H]1N[C@H](CO)[C@@H](O)[C@@H](O)[C@@H]1O. The second-order valence-corrected chi connectivity index (χ2v) is 3.22. The third kappa shape index (κ3) is 1.98. The summed E-state index contributed by atoms with van der Waals surface area (Å²) in [7, 11) is 0. The van der Waals surface area contributed by atoms with Gasteiger partial charge < -0.3 is 30.8 Å². The molecule has 5 atom stereocenters. The molecule has 1 heterocycles. The molecule has 0 aromatic rings. The van der Waals surface area contributed by atoms with Crippen LogP contribution >= 0.6 is 0 Å². The Morgan fingerprint density at radius 2 is 1.15 bits per heavy atom. The number of aliphatic hydroxyl groups is 5. The second kappa shape index (κ2) is 4.32. The van der Waals surface area contributed by atoms with E-state index in [1.807, 2.05) is 0 Å². The molecule has 0 spiro atoms. The average molecular weight is 193 g/mol. The Hall–Kier alpha value is -0.240. The molecule has 0 aliphatic carbocycles. The van der Waals surface area contributed by atoms with E-state index < -0.39 is 30.4 Å². The number of hydrogen-bond acceptors (Lipinski definition) is 6. The molecule has 6 N–H and O–H groups in total. The molecule has 1 aliphatic heterocycles. The van der Waals surface area contributed by atoms with Gasteiger partial charge in [-0.3, -0.25) is 0 Å². The van der Waals surface area contributed by atoms with Crippen LogP contribution in [0.3, 0.4) is 0 Å². The molecule has 0 unspecified atom stereocenters. The van der Waals surface area contributed by atoms with Crippen LogP contribution in [0.25, 0.3) is 0 Å². The normalized spacial score (nSPS) is 46.4. The fourth-order valence-electron chi connectivity index (χ4n) is 1.47. The standard InChI is InChI=1S/C7H15NO5/c9-1-3-5(11)7(13)6(12)4(2-10)8-3/h3-13H,1-2H2/t3-,4+,5-,6-,7-/m1/s1. The van der Waals surface area contributed by atoms with Crippen LogP contribution in [0.15, 0.2) is 0 Å². The van der Waals surface area contributed by atoms with Crippen molar-refractivity contribution in [2.75, 3.05) is 13.2 Å². The molecule has 0 amide bonds. The fourth-order valence-corrected chi connectivity index (χ4v) is 1.47. The monoisotopic (exact) mass is 193 g/mol. The summed E-state index contributed by atoms with van der Waals surface area (Å²) in [5, 5.41) is 48.1. The predicted molar refractivity (Wildman–Crippen MR) is 42.9 cm³/mol. The molecule has 0 aromatic heterocycles. The molecular weight excluding hydrogens is 178 g/mol. The van der Waals surface area contributed by atoms with Gasteiger partial charge in [-0.1, -0.05) is 0 Å². The third-order valence-corrected chi connectivity index (χ3v) is 2.35. The summed E-state index contributed by atoms with van der Waals surface area (Å²) in [5.41, 5.74) is 0. The third-order valence-electron chi connectivity index (χ3n) is 2.35. The Labute approximate surface area is 75.4 Å². The van der Waals surface area contributed by atoms with Crippen molar-refractivity contribution in [2.45, 2.75) is 30.4 Å². The van der Waals surface area contributed by atoms with E-state index in [4.69, 9.17) is 10.2 Å². The average Bonchev–Trinajstić information content (AvgIpc) is 2.15. The molecule has 0 bridgehead atoms. The topological polar surface area (TPSA) is 113 Å². The van der Waals surface area contributed by atoms with Crippen molar-refractivity contribution in [3.8, 4) is 0 Å². The van der Waals surface area contributed by atoms with E-state index >= 15 is 0 Å². The zero-order valence-corrected chi connectivity index (χ0v) is 7.04. The summed E-state index contributed by atoms with van der Waals surface area (Å²) in [6.45, 7) is -0.719. The van der Waals surface area contributed by atoms with Gasteiger partial charge in [0, 0.05) is 0 Å². The summed E-state index contributed by atoms with van der Waals surface area (Å²) in [6, 6.07) is -1.42. The molecule has 0 aromatic carbocycles. The van der Waals surface area contributed by atoms with Crippen LogP contribution in [-0.2, 0) is 0 Å². The van der Waals surface area contributed by atoms with Gasteiger partial charge >= 0.3 is 0 Å². The van der Waals surface area contributed by atoms with E-state index in [9.17, 15) is 15.3 Å². The molecule has 1 aliphatic rings. The Morgan fingerprint density at radius 3 is 1.46 bits per heavy atom. The molecule has 1 fully saturated rings. The van der Waals surface area contributed by atoms with Gasteiger partial charge in [-0.2, -0.15) is 0 Å². The molecule has 13 heavy (non-hydrogen) atoms. The van der Waals surface area contributed by atoms with Crippen molar-refractivity contribution in [1.82, 2.24) is 5.32 Å². The quantitative estimate of drug-likeness (QED) is 0.270. The zero-order valence-electron chi connectivity index (χ0n) is 7.04. The summed E-state index contributed by atoms with van der Waals surface area (Å²) in [5.74, 6) is 0. The molecular formula is C7H15NO5. The maximum atomic E-state index is 9.31. The number of rotatable bonds is 2. The highest BCUT2D eigenvalue weighted by molar-refractivity contribution is 4.97. The van der Waals surface area contributed by atoms with Gasteiger partial charge in [0.25, 0.3) is 0 Å². The number of piperidine rings is 1. The van der Waals surface area contributed by atoms with E-state index in [0.717, 1.165) is 0 Å². The summed E-state index contributed by atoms with van der Waals surface area (Å²) < 4.78 is 0. The minimum absolute atomic E-state index is 0.360. The van der Waals surface area contributed by atoms with E-state index in [-0.39, 0.29) is 13.2 Å². The van der Waals surface area contributed by atoms with Crippen LogP contribution in [0, 0.1) is 0 Å². The molecule has 1 rings (SSSR count). The lowest BCUT2D eigenvalue weighted by Gasteiger charge is -2.40. The van der Waals surface area contributed by atoms with Crippen molar-refractivity contribution < 1.29 is 25.5 Å². The summed E-state index contributed by atoms with van der Waals surface area (Å²) in [4.78, 5) is 0. The van der Waals surface area contributed by atoms with Crippen molar-refractivity contribution in [3.05, 3.63) is 0 Å². The van der Waals surface area contributed by atoms with Gasteiger partial charge in [-0.25, -0.2) is 0 Å². The smallest absolute Gasteiger partial charge is 0.109 e. The molecule has 6 nitrogen and oxygen atoms in total. The highest BCUT2D eigenvalue weighted by Crippen LogP contribution is 2.14. The number of aliphatic hydroxyl groups excluding tert-OH is 5. The van der Waals surface area contributed by atoms with Crippen molar-refractivity contribution in [1.29, 1.82) is 0 Å². The minimum atomic E-state index is -1.34. The highest BCUT2D eigenvalue weighted by atomic mass is 16.4. The summed E-state index contributed by atoms with van der Waals surface area (Å²) in [6.07, 6.45) is -3.78. The van der Waals surface area contributed by atoms with Crippen molar-refractivity contribution in [2.24, 2.45) is 0 Å². The van der Waals surface area contributed by atoms with E-state index in [1.54, 1.807) is 0 Å². The Bertz CT molecular complexity index is 147. The Kier molecular flexibility index (Phi) is 3.60. The first kappa shape index (κ1) is 10.8. The Balaban J connectivity index is 2.66. The van der Waals surface area contributed by atoms with Gasteiger partial charge in [-0.15, -0.1) is 0 Å². The second-order valence-electron chi connectivity index (χ2n) is 3.22. The first-order valence-electron chi connectivity index (χ1n) is 4.13. The first-order chi connectivity index (χ1) is 6.11. The number of nitrogens with one attached hydrogen (secondary N) is 1. The molecule has 1 saturated heterocycles. The van der Waals surface area contributed by atoms with Crippen LogP contribution < -0.4 is 5.32 Å². The minimum Gasteiger partial charge on any atom is -0.395 e. The van der Waals surface area contributed by atoms with Crippen molar-refractivity contribution >= 4 is 0 Å². The number of hydrogen-bond donors (Lipinski definition) is 6. The zero-order chi connectivity index (χ0) is 10.0. The van der Waals surface area contributed by atoms with E-state index in [2.05, 4.69) is 5.32 Å². The van der Waals surface area contributed by atoms with Crippen LogP contribution in [0.5, 0.6) is 0 Å². The van der Waals surface area contributed by atoms with Gasteiger partial charge in [0.15, 0.2) is 0 Å². The largest absolute Gasteiger partial charge is 0.395 e. The molecule has 78 valence electrons. The molecule has 0 saturated carbocycles. The predicted octanol–water partition coefficient (Wildman–Crippen LogP) is -3.61. The Morgan fingerprint density at radius 1 is 0.769 bits per heavy atom. The van der Waals surface area contributed by atoms with Gasteiger partial charge in [-0.05, 0) is 0 Å².